The molecule has 1 unspecified atom stereocenters. The van der Waals surface area contributed by atoms with Crippen molar-refractivity contribution in [2.45, 2.75) is 5.54 Å². The lowest BCUT2D eigenvalue weighted by molar-refractivity contribution is -0.148. The molecule has 0 aliphatic heterocycles. The van der Waals surface area contributed by atoms with Crippen LogP contribution < -0.4 is 5.32 Å². The predicted octanol–water partition coefficient (Wildman–Crippen LogP) is 0.849. The maximum Gasteiger partial charge on any atom is 0.331 e. The molecule has 0 aliphatic carbocycles. The van der Waals surface area contributed by atoms with Crippen LogP contribution in [0.5, 0.6) is 0 Å². The van der Waals surface area contributed by atoms with Crippen molar-refractivity contribution in [2.24, 2.45) is 0 Å². The number of carboxylic acid groups (broad SMARTS) is 1. The van der Waals surface area contributed by atoms with Crippen molar-refractivity contribution >= 4 is 5.97 Å². The molecule has 0 saturated carbocycles. The summed E-state index contributed by atoms with van der Waals surface area (Å²) in [5.74, 6) is -0.966. The predicted molar refractivity (Wildman–Crippen MR) is 67.5 cm³/mol. The second-order valence-corrected chi connectivity index (χ2v) is 3.93. The lowest BCUT2D eigenvalue weighted by atomic mass is 9.90. The number of methoxy groups -OCH3 is 2. The number of carbonyl (C=O) groups is 1. The molecule has 1 atom stereocenters. The summed E-state index contributed by atoms with van der Waals surface area (Å²) in [6.07, 6.45) is 0. The highest BCUT2D eigenvalue weighted by Crippen LogP contribution is 2.22. The van der Waals surface area contributed by atoms with E-state index in [1.807, 2.05) is 6.07 Å². The zero-order valence-electron chi connectivity index (χ0n) is 10.7. The number of hydrogen-bond donors (Lipinski definition) is 2. The first-order valence-corrected chi connectivity index (χ1v) is 5.69. The Kier molecular flexibility index (Phi) is 5.77. The van der Waals surface area contributed by atoms with Gasteiger partial charge >= 0.3 is 5.97 Å². The van der Waals surface area contributed by atoms with E-state index < -0.39 is 11.5 Å². The topological polar surface area (TPSA) is 67.8 Å². The van der Waals surface area contributed by atoms with Crippen LogP contribution in [0.1, 0.15) is 5.56 Å². The first kappa shape index (κ1) is 14.6. The van der Waals surface area contributed by atoms with Crippen LogP contribution in [-0.2, 0) is 19.8 Å². The summed E-state index contributed by atoms with van der Waals surface area (Å²) in [7, 11) is 3.06. The first-order valence-electron chi connectivity index (χ1n) is 5.69. The minimum Gasteiger partial charge on any atom is -0.480 e. The van der Waals surface area contributed by atoms with E-state index in [4.69, 9.17) is 9.47 Å². The van der Waals surface area contributed by atoms with Gasteiger partial charge in [0.2, 0.25) is 0 Å². The third-order valence-corrected chi connectivity index (χ3v) is 2.73. The third kappa shape index (κ3) is 3.29. The molecule has 1 aromatic rings. The summed E-state index contributed by atoms with van der Waals surface area (Å²) in [4.78, 5) is 11.6. The van der Waals surface area contributed by atoms with Gasteiger partial charge in [0.25, 0.3) is 0 Å². The van der Waals surface area contributed by atoms with Gasteiger partial charge in [-0.25, -0.2) is 4.79 Å². The summed E-state index contributed by atoms with van der Waals surface area (Å²) in [5.41, 5.74) is -0.579. The van der Waals surface area contributed by atoms with Crippen molar-refractivity contribution < 1.29 is 19.4 Å². The van der Waals surface area contributed by atoms with Crippen LogP contribution in [0.2, 0.25) is 0 Å². The van der Waals surface area contributed by atoms with Gasteiger partial charge in [-0.2, -0.15) is 0 Å². The van der Waals surface area contributed by atoms with E-state index in [1.165, 1.54) is 7.11 Å². The molecule has 1 rings (SSSR count). The van der Waals surface area contributed by atoms with Gasteiger partial charge in [-0.05, 0) is 5.56 Å². The Morgan fingerprint density at radius 1 is 1.28 bits per heavy atom. The molecule has 0 amide bonds. The third-order valence-electron chi connectivity index (χ3n) is 2.73. The largest absolute Gasteiger partial charge is 0.480 e. The lowest BCUT2D eigenvalue weighted by Crippen LogP contribution is -2.53. The molecule has 0 radical (unpaired) electrons. The van der Waals surface area contributed by atoms with E-state index in [9.17, 15) is 9.90 Å². The molecule has 0 fully saturated rings. The summed E-state index contributed by atoms with van der Waals surface area (Å²) in [5, 5.41) is 12.5. The Hall–Kier alpha value is -1.43. The Labute approximate surface area is 107 Å². The molecule has 18 heavy (non-hydrogen) atoms. The quantitative estimate of drug-likeness (QED) is 0.672. The number of rotatable bonds is 8. The summed E-state index contributed by atoms with van der Waals surface area (Å²) >= 11 is 0. The van der Waals surface area contributed by atoms with Gasteiger partial charge in [0.05, 0.1) is 13.2 Å². The van der Waals surface area contributed by atoms with Gasteiger partial charge in [-0.1, -0.05) is 30.3 Å². The Morgan fingerprint density at radius 2 is 1.94 bits per heavy atom. The summed E-state index contributed by atoms with van der Waals surface area (Å²) in [6, 6.07) is 9.00. The smallest absolute Gasteiger partial charge is 0.331 e. The van der Waals surface area contributed by atoms with Crippen molar-refractivity contribution in [1.82, 2.24) is 5.32 Å². The molecule has 2 N–H and O–H groups in total. The van der Waals surface area contributed by atoms with Crippen molar-refractivity contribution in [3.8, 4) is 0 Å². The van der Waals surface area contributed by atoms with E-state index in [-0.39, 0.29) is 6.61 Å². The fourth-order valence-electron chi connectivity index (χ4n) is 1.80. The Balaban J connectivity index is 3.01. The monoisotopic (exact) mass is 253 g/mol. The Bertz CT molecular complexity index is 369. The van der Waals surface area contributed by atoms with Crippen molar-refractivity contribution in [3.05, 3.63) is 35.9 Å². The van der Waals surface area contributed by atoms with Crippen LogP contribution in [0, 0.1) is 0 Å². The number of carboxylic acids is 1. The molecule has 0 spiro atoms. The molecule has 0 aromatic heterocycles. The molecule has 1 aromatic carbocycles. The van der Waals surface area contributed by atoms with Gasteiger partial charge < -0.3 is 14.6 Å². The van der Waals surface area contributed by atoms with Gasteiger partial charge in [0, 0.05) is 20.8 Å². The Morgan fingerprint density at radius 3 is 2.44 bits per heavy atom. The van der Waals surface area contributed by atoms with Crippen LogP contribution in [-0.4, -0.2) is 45.1 Å². The van der Waals surface area contributed by atoms with Gasteiger partial charge in [-0.15, -0.1) is 0 Å². The number of hydrogen-bond acceptors (Lipinski definition) is 4. The fourth-order valence-corrected chi connectivity index (χ4v) is 1.80. The fraction of sp³-hybridized carbons (Fsp3) is 0.462. The number of aliphatic carboxylic acids is 1. The molecule has 0 saturated heterocycles. The van der Waals surface area contributed by atoms with Crippen molar-refractivity contribution in [2.75, 3.05) is 34.0 Å². The van der Waals surface area contributed by atoms with E-state index in [0.29, 0.717) is 18.7 Å². The van der Waals surface area contributed by atoms with Crippen LogP contribution in [0.25, 0.3) is 0 Å². The molecule has 5 nitrogen and oxygen atoms in total. The van der Waals surface area contributed by atoms with Crippen LogP contribution in [0.15, 0.2) is 30.3 Å². The molecule has 100 valence electrons. The minimum atomic E-state index is -1.24. The van der Waals surface area contributed by atoms with E-state index in [2.05, 4.69) is 5.32 Å². The summed E-state index contributed by atoms with van der Waals surface area (Å²) < 4.78 is 10.0. The zero-order valence-corrected chi connectivity index (χ0v) is 10.7. The highest BCUT2D eigenvalue weighted by molar-refractivity contribution is 5.81. The molecule has 0 aliphatic rings. The second kappa shape index (κ2) is 7.10. The van der Waals surface area contributed by atoms with Crippen molar-refractivity contribution in [1.29, 1.82) is 0 Å². The number of benzene rings is 1. The number of ether oxygens (including phenoxy) is 2. The van der Waals surface area contributed by atoms with Gasteiger partial charge in [-0.3, -0.25) is 5.32 Å². The average molecular weight is 253 g/mol. The van der Waals surface area contributed by atoms with Crippen LogP contribution in [0.4, 0.5) is 0 Å². The summed E-state index contributed by atoms with van der Waals surface area (Å²) in [6.45, 7) is 0.919. The highest BCUT2D eigenvalue weighted by atomic mass is 16.5. The SMILES string of the molecule is COCCNC(COC)(C(=O)O)c1ccccc1. The number of nitrogens with one attached hydrogen (secondary N) is 1. The van der Waals surface area contributed by atoms with Gasteiger partial charge in [0.15, 0.2) is 5.54 Å². The minimum absolute atomic E-state index is 0.0516. The molecule has 0 bridgehead atoms. The lowest BCUT2D eigenvalue weighted by Gasteiger charge is -2.30. The highest BCUT2D eigenvalue weighted by Gasteiger charge is 2.40. The maximum absolute atomic E-state index is 11.6. The zero-order chi connectivity index (χ0) is 13.4. The van der Waals surface area contributed by atoms with E-state index >= 15 is 0 Å². The normalized spacial score (nSPS) is 14.1. The average Bonchev–Trinajstić information content (AvgIpc) is 2.38. The van der Waals surface area contributed by atoms with E-state index in [1.54, 1.807) is 31.4 Å². The van der Waals surface area contributed by atoms with E-state index in [0.717, 1.165) is 0 Å². The maximum atomic E-state index is 11.6. The van der Waals surface area contributed by atoms with Crippen LogP contribution >= 0.6 is 0 Å². The van der Waals surface area contributed by atoms with Crippen molar-refractivity contribution in [3.63, 3.8) is 0 Å². The van der Waals surface area contributed by atoms with Crippen LogP contribution in [0.3, 0.4) is 0 Å². The van der Waals surface area contributed by atoms with Gasteiger partial charge in [0.1, 0.15) is 0 Å². The molecule has 5 heteroatoms. The molecular formula is C13H19NO4. The first-order chi connectivity index (χ1) is 8.67. The standard InChI is InChI=1S/C13H19NO4/c1-17-9-8-14-13(10-18-2,12(15)16)11-6-4-3-5-7-11/h3-7,14H,8-10H2,1-2H3,(H,15,16). The molecular weight excluding hydrogens is 234 g/mol. The second-order valence-electron chi connectivity index (χ2n) is 3.93. The molecule has 0 heterocycles.